The predicted molar refractivity (Wildman–Crippen MR) is 98.0 cm³/mol. The van der Waals surface area contributed by atoms with Gasteiger partial charge < -0.3 is 15.5 Å². The average Bonchev–Trinajstić information content (AvgIpc) is 3.21. The number of hydrogen-bond donors (Lipinski definition) is 3. The van der Waals surface area contributed by atoms with E-state index in [0.717, 1.165) is 33.2 Å². The first-order valence-corrected chi connectivity index (χ1v) is 7.97. The van der Waals surface area contributed by atoms with Crippen molar-refractivity contribution in [2.24, 2.45) is 10.7 Å². The summed E-state index contributed by atoms with van der Waals surface area (Å²) in [7, 11) is 1.66. The van der Waals surface area contributed by atoms with Crippen molar-refractivity contribution in [2.45, 2.75) is 6.17 Å². The SMILES string of the molecule is COc1ccc2[nH]cc([C@@H]3N=C(N)Nc4nc5ccccc5n43)c2c1. The number of ether oxygens (including phenoxy) is 1. The Morgan fingerprint density at radius 3 is 2.96 bits per heavy atom. The first-order chi connectivity index (χ1) is 12.2. The molecule has 0 bridgehead atoms. The summed E-state index contributed by atoms with van der Waals surface area (Å²) in [5, 5.41) is 4.10. The summed E-state index contributed by atoms with van der Waals surface area (Å²) in [6.07, 6.45) is 1.67. The normalized spacial score (nSPS) is 16.5. The zero-order valence-corrected chi connectivity index (χ0v) is 13.5. The number of benzene rings is 2. The van der Waals surface area contributed by atoms with E-state index in [-0.39, 0.29) is 6.17 Å². The van der Waals surface area contributed by atoms with E-state index in [9.17, 15) is 0 Å². The molecule has 4 N–H and O–H groups in total. The number of fused-ring (bicyclic) bond motifs is 4. The zero-order valence-electron chi connectivity index (χ0n) is 13.5. The quantitative estimate of drug-likeness (QED) is 0.526. The Hall–Kier alpha value is -3.48. The predicted octanol–water partition coefficient (Wildman–Crippen LogP) is 2.81. The number of methoxy groups -OCH3 is 1. The van der Waals surface area contributed by atoms with E-state index in [0.29, 0.717) is 11.9 Å². The maximum Gasteiger partial charge on any atom is 0.212 e. The summed E-state index contributed by atoms with van der Waals surface area (Å²) in [4.78, 5) is 12.6. The van der Waals surface area contributed by atoms with Gasteiger partial charge in [-0.3, -0.25) is 9.88 Å². The van der Waals surface area contributed by atoms with Crippen molar-refractivity contribution in [2.75, 3.05) is 12.4 Å². The first kappa shape index (κ1) is 13.9. The van der Waals surface area contributed by atoms with E-state index >= 15 is 0 Å². The lowest BCUT2D eigenvalue weighted by Gasteiger charge is -2.23. The summed E-state index contributed by atoms with van der Waals surface area (Å²) in [6, 6.07) is 13.9. The summed E-state index contributed by atoms with van der Waals surface area (Å²) >= 11 is 0. The van der Waals surface area contributed by atoms with E-state index in [1.165, 1.54) is 0 Å². The Balaban J connectivity index is 1.78. The van der Waals surface area contributed by atoms with Gasteiger partial charge in [0.25, 0.3) is 0 Å². The number of rotatable bonds is 2. The number of anilines is 1. The smallest absolute Gasteiger partial charge is 0.212 e. The number of H-pyrrole nitrogens is 1. The van der Waals surface area contributed by atoms with Gasteiger partial charge in [-0.15, -0.1) is 0 Å². The molecule has 3 heterocycles. The number of aromatic amines is 1. The second-order valence-electron chi connectivity index (χ2n) is 5.96. The van der Waals surface area contributed by atoms with Crippen molar-refractivity contribution in [3.8, 4) is 5.75 Å². The maximum absolute atomic E-state index is 6.02. The Morgan fingerprint density at radius 2 is 2.08 bits per heavy atom. The molecule has 1 atom stereocenters. The van der Waals surface area contributed by atoms with Gasteiger partial charge in [-0.05, 0) is 30.3 Å². The van der Waals surface area contributed by atoms with Crippen molar-refractivity contribution in [1.29, 1.82) is 0 Å². The highest BCUT2D eigenvalue weighted by atomic mass is 16.5. The van der Waals surface area contributed by atoms with E-state index in [1.807, 2.05) is 48.7 Å². The van der Waals surface area contributed by atoms with Crippen molar-refractivity contribution < 1.29 is 4.74 Å². The molecule has 0 radical (unpaired) electrons. The first-order valence-electron chi connectivity index (χ1n) is 7.97. The average molecular weight is 332 g/mol. The van der Waals surface area contributed by atoms with Crippen LogP contribution >= 0.6 is 0 Å². The van der Waals surface area contributed by atoms with Gasteiger partial charge in [0, 0.05) is 22.7 Å². The fourth-order valence-corrected chi connectivity index (χ4v) is 3.39. The maximum atomic E-state index is 6.02. The third-order valence-corrected chi connectivity index (χ3v) is 4.54. The molecule has 2 aromatic carbocycles. The monoisotopic (exact) mass is 332 g/mol. The Bertz CT molecular complexity index is 1140. The molecule has 0 spiro atoms. The third kappa shape index (κ3) is 1.99. The molecule has 4 aromatic rings. The highest BCUT2D eigenvalue weighted by Crippen LogP contribution is 2.36. The molecular formula is C18H16N6O. The molecule has 0 aliphatic carbocycles. The number of nitrogens with one attached hydrogen (secondary N) is 2. The van der Waals surface area contributed by atoms with Crippen LogP contribution in [0.4, 0.5) is 5.95 Å². The van der Waals surface area contributed by atoms with Crippen molar-refractivity contribution in [1.82, 2.24) is 14.5 Å². The van der Waals surface area contributed by atoms with Crippen molar-refractivity contribution in [3.63, 3.8) is 0 Å². The molecule has 124 valence electrons. The largest absolute Gasteiger partial charge is 0.497 e. The molecule has 0 unspecified atom stereocenters. The molecule has 1 aliphatic rings. The Kier molecular flexibility index (Phi) is 2.79. The molecule has 1 aliphatic heterocycles. The molecule has 7 heteroatoms. The van der Waals surface area contributed by atoms with Gasteiger partial charge >= 0.3 is 0 Å². The van der Waals surface area contributed by atoms with Crippen LogP contribution in [-0.4, -0.2) is 27.6 Å². The number of hydrogen-bond acceptors (Lipinski definition) is 5. The molecule has 25 heavy (non-hydrogen) atoms. The van der Waals surface area contributed by atoms with Gasteiger partial charge in [-0.25, -0.2) is 9.98 Å². The van der Waals surface area contributed by atoms with Gasteiger partial charge in [-0.1, -0.05) is 12.1 Å². The van der Waals surface area contributed by atoms with Crippen LogP contribution in [0.25, 0.3) is 21.9 Å². The molecule has 7 nitrogen and oxygen atoms in total. The van der Waals surface area contributed by atoms with E-state index in [4.69, 9.17) is 10.5 Å². The number of aliphatic imine (C=N–C) groups is 1. The van der Waals surface area contributed by atoms with Gasteiger partial charge in [0.2, 0.25) is 5.95 Å². The van der Waals surface area contributed by atoms with E-state index in [1.54, 1.807) is 7.11 Å². The minimum Gasteiger partial charge on any atom is -0.497 e. The van der Waals surface area contributed by atoms with Crippen LogP contribution < -0.4 is 15.8 Å². The fourth-order valence-electron chi connectivity index (χ4n) is 3.39. The van der Waals surface area contributed by atoms with Gasteiger partial charge in [-0.2, -0.15) is 0 Å². The Labute approximate surface area is 143 Å². The van der Waals surface area contributed by atoms with Crippen LogP contribution in [0.3, 0.4) is 0 Å². The summed E-state index contributed by atoms with van der Waals surface area (Å²) < 4.78 is 7.44. The fraction of sp³-hybridized carbons (Fsp3) is 0.111. The number of para-hydroxylation sites is 2. The summed E-state index contributed by atoms with van der Waals surface area (Å²) in [5.41, 5.74) is 9.96. The summed E-state index contributed by atoms with van der Waals surface area (Å²) in [6.45, 7) is 0. The van der Waals surface area contributed by atoms with Crippen LogP contribution in [-0.2, 0) is 0 Å². The zero-order chi connectivity index (χ0) is 17.0. The number of aromatic nitrogens is 3. The number of imidazole rings is 1. The Morgan fingerprint density at radius 1 is 1.20 bits per heavy atom. The van der Waals surface area contributed by atoms with E-state index in [2.05, 4.69) is 24.8 Å². The highest BCUT2D eigenvalue weighted by Gasteiger charge is 2.27. The van der Waals surface area contributed by atoms with Crippen LogP contribution in [0.2, 0.25) is 0 Å². The second kappa shape index (κ2) is 5.01. The van der Waals surface area contributed by atoms with Crippen molar-refractivity contribution in [3.05, 3.63) is 54.2 Å². The number of guanidine groups is 1. The minimum absolute atomic E-state index is 0.301. The van der Waals surface area contributed by atoms with Crippen molar-refractivity contribution >= 4 is 33.8 Å². The number of nitrogens with two attached hydrogens (primary N) is 1. The summed E-state index contributed by atoms with van der Waals surface area (Å²) in [5.74, 6) is 1.84. The molecular weight excluding hydrogens is 316 g/mol. The van der Waals surface area contributed by atoms with Crippen LogP contribution in [0, 0.1) is 0 Å². The molecule has 0 amide bonds. The molecule has 5 rings (SSSR count). The second-order valence-corrected chi connectivity index (χ2v) is 5.96. The highest BCUT2D eigenvalue weighted by molar-refractivity contribution is 5.95. The van der Waals surface area contributed by atoms with Crippen LogP contribution in [0.5, 0.6) is 5.75 Å². The van der Waals surface area contributed by atoms with Gasteiger partial charge in [0.05, 0.1) is 18.1 Å². The number of nitrogens with zero attached hydrogens (tertiary/aromatic N) is 3. The molecule has 0 saturated heterocycles. The lowest BCUT2D eigenvalue weighted by atomic mass is 10.1. The minimum atomic E-state index is -0.301. The van der Waals surface area contributed by atoms with Gasteiger partial charge in [0.15, 0.2) is 12.1 Å². The van der Waals surface area contributed by atoms with Crippen LogP contribution in [0.1, 0.15) is 11.7 Å². The topological polar surface area (TPSA) is 93.2 Å². The van der Waals surface area contributed by atoms with Gasteiger partial charge in [0.1, 0.15) is 5.75 Å². The van der Waals surface area contributed by atoms with Crippen LogP contribution in [0.15, 0.2) is 53.7 Å². The lowest BCUT2D eigenvalue weighted by Crippen LogP contribution is -2.31. The molecule has 0 saturated carbocycles. The lowest BCUT2D eigenvalue weighted by molar-refractivity contribution is 0.415. The molecule has 2 aromatic heterocycles. The standard InChI is InChI=1S/C18H16N6O/c1-25-10-6-7-13-11(8-10)12(9-20-13)16-22-17(19)23-18-21-14-4-2-3-5-15(14)24(16)18/h2-9,16,20H,1H3,(H3,19,21,22,23)/t16-/m1/s1. The van der Waals surface area contributed by atoms with E-state index < -0.39 is 0 Å². The third-order valence-electron chi connectivity index (χ3n) is 4.54. The molecule has 0 fully saturated rings.